The summed E-state index contributed by atoms with van der Waals surface area (Å²) in [6, 6.07) is 13.4. The Morgan fingerprint density at radius 1 is 0.629 bits per heavy atom. The zero-order valence-electron chi connectivity index (χ0n) is 17.6. The maximum absolute atomic E-state index is 12.5. The van der Waals surface area contributed by atoms with E-state index in [0.717, 1.165) is 0 Å². The topological polar surface area (TPSA) is 136 Å². The highest BCUT2D eigenvalue weighted by Crippen LogP contribution is 2.25. The van der Waals surface area contributed by atoms with Gasteiger partial charge in [0.15, 0.2) is 0 Å². The van der Waals surface area contributed by atoms with E-state index in [4.69, 9.17) is 17.5 Å². The third-order valence-corrected chi connectivity index (χ3v) is 5.37. The molecule has 2 radical (unpaired) electrons. The maximum Gasteiger partial charge on any atom is 0.343 e. The van der Waals surface area contributed by atoms with Crippen LogP contribution >= 0.6 is 0 Å². The van der Waals surface area contributed by atoms with Crippen LogP contribution in [-0.4, -0.2) is 48.4 Å². The normalized spacial score (nSPS) is 13.9. The molecule has 0 spiro atoms. The minimum atomic E-state index is -0.778. The first-order chi connectivity index (χ1) is 16.7. The number of fused-ring (bicyclic) bond motifs is 2. The Hall–Kier alpha value is -5.06. The van der Waals surface area contributed by atoms with Gasteiger partial charge in [-0.3, -0.25) is 24.5 Å². The van der Waals surface area contributed by atoms with Gasteiger partial charge in [0.05, 0.1) is 33.4 Å². The van der Waals surface area contributed by atoms with Gasteiger partial charge in [0.25, 0.3) is 11.8 Å². The van der Waals surface area contributed by atoms with E-state index in [1.165, 1.54) is 60.7 Å². The lowest BCUT2D eigenvalue weighted by Gasteiger charge is -2.08. The Labute approximate surface area is 197 Å². The average molecular weight is 466 g/mol. The number of carbonyl (C=O) groups excluding carboxylic acids is 6. The summed E-state index contributed by atoms with van der Waals surface area (Å²) in [4.78, 5) is 72.6. The fraction of sp³-hybridized carbons (Fsp3) is 0. The number of ether oxygens (including phenoxy) is 2. The maximum atomic E-state index is 12.5. The van der Waals surface area contributed by atoms with Crippen molar-refractivity contribution in [1.82, 2.24) is 10.1 Å². The van der Waals surface area contributed by atoms with Gasteiger partial charge in [-0.2, -0.15) is 0 Å². The molecule has 168 valence electrons. The predicted molar refractivity (Wildman–Crippen MR) is 117 cm³/mol. The number of imide groups is 2. The largest absolute Gasteiger partial charge is 0.423 e. The first-order valence-corrected chi connectivity index (χ1v) is 10.0. The van der Waals surface area contributed by atoms with Gasteiger partial charge in [-0.1, -0.05) is 0 Å². The SMILES string of the molecule is [B]N1C(=O)c2ccc(C(=O)Oc3ccc(OC(=O)c4ccc5c(c4)C(=O)NC5=O)cc3)cc2C1=O. The second kappa shape index (κ2) is 8.06. The summed E-state index contributed by atoms with van der Waals surface area (Å²) in [6.45, 7) is 0. The first-order valence-electron chi connectivity index (χ1n) is 10.0. The molecule has 5 rings (SSSR count). The summed E-state index contributed by atoms with van der Waals surface area (Å²) in [5.41, 5.74) is 0.471. The lowest BCUT2D eigenvalue weighted by atomic mass is 10.1. The van der Waals surface area contributed by atoms with Gasteiger partial charge in [-0.05, 0) is 60.7 Å². The highest BCUT2D eigenvalue weighted by atomic mass is 16.5. The molecule has 0 aliphatic carbocycles. The summed E-state index contributed by atoms with van der Waals surface area (Å²) in [5, 5.41) is 2.14. The van der Waals surface area contributed by atoms with Gasteiger partial charge in [0.1, 0.15) is 11.5 Å². The fourth-order valence-corrected chi connectivity index (χ4v) is 3.59. The molecule has 0 fully saturated rings. The fourth-order valence-electron chi connectivity index (χ4n) is 3.59. The number of hydrogen-bond donors (Lipinski definition) is 1. The molecule has 4 amide bonds. The molecule has 0 aromatic heterocycles. The predicted octanol–water partition coefficient (Wildman–Crippen LogP) is 1.69. The Kier molecular flexibility index (Phi) is 5.02. The second-order valence-corrected chi connectivity index (χ2v) is 7.53. The van der Waals surface area contributed by atoms with Crippen LogP contribution in [0.5, 0.6) is 11.5 Å². The molecule has 1 N–H and O–H groups in total. The van der Waals surface area contributed by atoms with Crippen LogP contribution in [0, 0.1) is 0 Å². The van der Waals surface area contributed by atoms with Crippen LogP contribution in [0.2, 0.25) is 0 Å². The van der Waals surface area contributed by atoms with Gasteiger partial charge >= 0.3 is 11.9 Å². The molecule has 2 aliphatic rings. The van der Waals surface area contributed by atoms with Crippen molar-refractivity contribution in [1.29, 1.82) is 0 Å². The molecular formula is C24H11BN2O8. The van der Waals surface area contributed by atoms with Gasteiger partial charge in [-0.25, -0.2) is 9.59 Å². The third kappa shape index (κ3) is 3.74. The lowest BCUT2D eigenvalue weighted by Crippen LogP contribution is -2.26. The number of carbonyl (C=O) groups is 6. The van der Waals surface area contributed by atoms with Crippen LogP contribution in [0.4, 0.5) is 0 Å². The first kappa shape index (κ1) is 21.8. The van der Waals surface area contributed by atoms with E-state index in [9.17, 15) is 28.8 Å². The summed E-state index contributed by atoms with van der Waals surface area (Å²) in [6.07, 6.45) is 0. The zero-order chi connectivity index (χ0) is 24.9. The number of nitrogens with one attached hydrogen (secondary N) is 1. The summed E-state index contributed by atoms with van der Waals surface area (Å²) >= 11 is 0. The molecule has 3 aromatic carbocycles. The molecule has 35 heavy (non-hydrogen) atoms. The molecule has 2 heterocycles. The average Bonchev–Trinajstić information content (AvgIpc) is 3.26. The molecule has 2 aliphatic heterocycles. The standard InChI is InChI=1S/C24H11BN2O8/c25-27-21(30)16-8-2-12(10-18(16)22(27)31)24(33)35-14-5-3-13(4-6-14)34-23(32)11-1-7-15-17(9-11)20(29)26-19(15)28/h1-10H,(H,26,28,29). The van der Waals surface area contributed by atoms with E-state index in [1.807, 2.05) is 0 Å². The monoisotopic (exact) mass is 466 g/mol. The quantitative estimate of drug-likeness (QED) is 0.266. The number of benzene rings is 3. The van der Waals surface area contributed by atoms with Crippen molar-refractivity contribution in [2.45, 2.75) is 0 Å². The number of hydrogen-bond acceptors (Lipinski definition) is 8. The van der Waals surface area contributed by atoms with E-state index in [1.54, 1.807) is 0 Å². The van der Waals surface area contributed by atoms with E-state index in [0.29, 0.717) is 4.81 Å². The Balaban J connectivity index is 1.26. The van der Waals surface area contributed by atoms with Crippen molar-refractivity contribution in [3.05, 3.63) is 94.0 Å². The minimum absolute atomic E-state index is 0.00242. The van der Waals surface area contributed by atoms with Crippen molar-refractivity contribution in [2.24, 2.45) is 0 Å². The van der Waals surface area contributed by atoms with E-state index < -0.39 is 35.6 Å². The summed E-state index contributed by atoms with van der Waals surface area (Å²) in [5.74, 6) is -3.77. The molecule has 3 aromatic rings. The highest BCUT2D eigenvalue weighted by Gasteiger charge is 2.33. The molecule has 0 bridgehead atoms. The minimum Gasteiger partial charge on any atom is -0.423 e. The summed E-state index contributed by atoms with van der Waals surface area (Å²) < 4.78 is 10.5. The zero-order valence-corrected chi connectivity index (χ0v) is 17.6. The van der Waals surface area contributed by atoms with Crippen molar-refractivity contribution in [3.8, 4) is 11.5 Å². The van der Waals surface area contributed by atoms with Gasteiger partial charge < -0.3 is 14.3 Å². The van der Waals surface area contributed by atoms with Crippen LogP contribution in [0.3, 0.4) is 0 Å². The van der Waals surface area contributed by atoms with E-state index >= 15 is 0 Å². The van der Waals surface area contributed by atoms with Crippen LogP contribution < -0.4 is 14.8 Å². The molecule has 0 atom stereocenters. The van der Waals surface area contributed by atoms with Crippen molar-refractivity contribution in [2.75, 3.05) is 0 Å². The van der Waals surface area contributed by atoms with Crippen LogP contribution in [0.1, 0.15) is 62.1 Å². The third-order valence-electron chi connectivity index (χ3n) is 5.37. The van der Waals surface area contributed by atoms with Gasteiger partial charge in [0, 0.05) is 0 Å². The van der Waals surface area contributed by atoms with Gasteiger partial charge in [0.2, 0.25) is 19.8 Å². The number of esters is 2. The smallest absolute Gasteiger partial charge is 0.343 e. The molecule has 0 unspecified atom stereocenters. The van der Waals surface area contributed by atoms with Gasteiger partial charge in [-0.15, -0.1) is 0 Å². The Morgan fingerprint density at radius 2 is 1.09 bits per heavy atom. The van der Waals surface area contributed by atoms with Crippen molar-refractivity contribution >= 4 is 43.5 Å². The molecule has 0 saturated carbocycles. The summed E-state index contributed by atoms with van der Waals surface area (Å²) in [7, 11) is 5.39. The molecule has 11 heteroatoms. The lowest BCUT2D eigenvalue weighted by molar-refractivity contribution is 0.0719. The molecular weight excluding hydrogens is 455 g/mol. The molecule has 0 saturated heterocycles. The number of nitrogens with zero attached hydrogens (tertiary/aromatic N) is 1. The van der Waals surface area contributed by atoms with Crippen molar-refractivity contribution < 1.29 is 38.2 Å². The van der Waals surface area contributed by atoms with Crippen LogP contribution in [0.25, 0.3) is 0 Å². The highest BCUT2D eigenvalue weighted by molar-refractivity contribution is 6.36. The van der Waals surface area contributed by atoms with E-state index in [-0.39, 0.29) is 44.9 Å². The molecule has 10 nitrogen and oxygen atoms in total. The Bertz CT molecular complexity index is 1500. The second-order valence-electron chi connectivity index (χ2n) is 7.53. The van der Waals surface area contributed by atoms with Crippen LogP contribution in [-0.2, 0) is 0 Å². The van der Waals surface area contributed by atoms with Crippen molar-refractivity contribution in [3.63, 3.8) is 0 Å². The number of rotatable bonds is 4. The van der Waals surface area contributed by atoms with Crippen LogP contribution in [0.15, 0.2) is 60.7 Å². The van der Waals surface area contributed by atoms with E-state index in [2.05, 4.69) is 5.32 Å². The Morgan fingerprint density at radius 3 is 1.66 bits per heavy atom. The number of amides is 4.